The second-order valence-electron chi connectivity index (χ2n) is 10.0. The summed E-state index contributed by atoms with van der Waals surface area (Å²) in [5.41, 5.74) is -0.224. The standard InChI is InChI=1S/C25H28N4O5/c1-12-11-13-7-9-25(2,3)23(22(13)34-12)28-17-16(20(31)21(17)32)27-15-8-10-26-18(19(15)30)24(33)29(4)14-5-6-14/h8,10-11,14,23,28,30H,5-7,9H2,1-4H3,(H,26,27)/t23-/m0/s1. The van der Waals surface area contributed by atoms with Crippen LogP contribution in [0.1, 0.15) is 66.7 Å². The zero-order valence-electron chi connectivity index (χ0n) is 19.7. The molecule has 9 heteroatoms. The maximum atomic E-state index is 12.7. The van der Waals surface area contributed by atoms with Gasteiger partial charge in [-0.25, -0.2) is 4.98 Å². The summed E-state index contributed by atoms with van der Waals surface area (Å²) in [5.74, 6) is 0.820. The van der Waals surface area contributed by atoms with Gasteiger partial charge in [-0.1, -0.05) is 13.8 Å². The molecule has 3 N–H and O–H groups in total. The Morgan fingerprint density at radius 1 is 1.24 bits per heavy atom. The highest BCUT2D eigenvalue weighted by Crippen LogP contribution is 2.47. The van der Waals surface area contributed by atoms with Gasteiger partial charge in [0, 0.05) is 19.3 Å². The van der Waals surface area contributed by atoms with Gasteiger partial charge in [0.25, 0.3) is 16.8 Å². The molecular formula is C25H28N4O5. The van der Waals surface area contributed by atoms with Gasteiger partial charge in [0.15, 0.2) is 11.4 Å². The van der Waals surface area contributed by atoms with E-state index in [1.807, 2.05) is 13.0 Å². The molecule has 3 aromatic rings. The van der Waals surface area contributed by atoms with Gasteiger partial charge in [0.2, 0.25) is 0 Å². The fourth-order valence-electron chi connectivity index (χ4n) is 4.68. The van der Waals surface area contributed by atoms with E-state index in [-0.39, 0.29) is 46.0 Å². The molecule has 178 valence electrons. The molecule has 5 rings (SSSR count). The SMILES string of the molecule is Cc1cc2c(o1)[C@H](Nc1c(Nc3ccnc(C(=O)N(C)C4CC4)c3O)c(=O)c1=O)C(C)(C)CC2. The number of carbonyl (C=O) groups is 1. The summed E-state index contributed by atoms with van der Waals surface area (Å²) in [6, 6.07) is 3.32. The van der Waals surface area contributed by atoms with Crippen LogP contribution < -0.4 is 21.5 Å². The van der Waals surface area contributed by atoms with E-state index in [0.29, 0.717) is 0 Å². The summed E-state index contributed by atoms with van der Waals surface area (Å²) in [6.45, 7) is 6.07. The van der Waals surface area contributed by atoms with Crippen molar-refractivity contribution in [2.45, 2.75) is 58.5 Å². The number of carbonyl (C=O) groups excluding carboxylic acids is 1. The minimum absolute atomic E-state index is 0.0478. The van der Waals surface area contributed by atoms with Crippen LogP contribution in [0.15, 0.2) is 32.3 Å². The molecule has 9 nitrogen and oxygen atoms in total. The summed E-state index contributed by atoms with van der Waals surface area (Å²) >= 11 is 0. The molecule has 0 bridgehead atoms. The molecule has 1 aromatic carbocycles. The highest BCUT2D eigenvalue weighted by atomic mass is 16.3. The van der Waals surface area contributed by atoms with Crippen molar-refractivity contribution in [3.63, 3.8) is 0 Å². The number of hydrogen-bond donors (Lipinski definition) is 3. The van der Waals surface area contributed by atoms with Gasteiger partial charge in [-0.3, -0.25) is 14.4 Å². The maximum absolute atomic E-state index is 12.7. The first kappa shape index (κ1) is 22.2. The zero-order valence-corrected chi connectivity index (χ0v) is 19.7. The number of aromatic nitrogens is 1. The summed E-state index contributed by atoms with van der Waals surface area (Å²) in [7, 11) is 1.68. The summed E-state index contributed by atoms with van der Waals surface area (Å²) < 4.78 is 5.96. The third-order valence-electron chi connectivity index (χ3n) is 7.05. The number of fused-ring (bicyclic) bond motifs is 1. The number of anilines is 3. The molecular weight excluding hydrogens is 436 g/mol. The lowest BCUT2D eigenvalue weighted by Gasteiger charge is -2.38. The molecule has 0 unspecified atom stereocenters. The Bertz CT molecular complexity index is 1360. The van der Waals surface area contributed by atoms with Crippen LogP contribution in [0.4, 0.5) is 17.1 Å². The van der Waals surface area contributed by atoms with Gasteiger partial charge in [0.05, 0.1) is 11.7 Å². The fraction of sp³-hybridized carbons (Fsp3) is 0.440. The largest absolute Gasteiger partial charge is 0.504 e. The summed E-state index contributed by atoms with van der Waals surface area (Å²) in [4.78, 5) is 43.3. The first-order valence-corrected chi connectivity index (χ1v) is 11.5. The number of nitrogens with zero attached hydrogens (tertiary/aromatic N) is 2. The monoisotopic (exact) mass is 464 g/mol. The third kappa shape index (κ3) is 3.55. The molecule has 1 fully saturated rings. The number of hydrogen-bond acceptors (Lipinski definition) is 8. The van der Waals surface area contributed by atoms with E-state index in [1.54, 1.807) is 11.9 Å². The van der Waals surface area contributed by atoms with E-state index >= 15 is 0 Å². The molecule has 2 aliphatic carbocycles. The average Bonchev–Trinajstić information content (AvgIpc) is 3.58. The Balaban J connectivity index is 1.45. The smallest absolute Gasteiger partial charge is 0.276 e. The average molecular weight is 465 g/mol. The van der Waals surface area contributed by atoms with Gasteiger partial charge < -0.3 is 25.1 Å². The van der Waals surface area contributed by atoms with Crippen molar-refractivity contribution in [2.75, 3.05) is 17.7 Å². The van der Waals surface area contributed by atoms with Crippen molar-refractivity contribution in [1.82, 2.24) is 9.88 Å². The molecule has 34 heavy (non-hydrogen) atoms. The normalized spacial score (nSPS) is 19.0. The van der Waals surface area contributed by atoms with Crippen LogP contribution >= 0.6 is 0 Å². The Hall–Kier alpha value is -3.62. The van der Waals surface area contributed by atoms with Crippen molar-refractivity contribution >= 4 is 23.0 Å². The molecule has 2 aromatic heterocycles. The first-order chi connectivity index (χ1) is 16.1. The predicted molar refractivity (Wildman–Crippen MR) is 128 cm³/mol. The topological polar surface area (TPSA) is 125 Å². The third-order valence-corrected chi connectivity index (χ3v) is 7.05. The lowest BCUT2D eigenvalue weighted by molar-refractivity contribution is 0.0776. The van der Waals surface area contributed by atoms with Crippen LogP contribution in [0.2, 0.25) is 0 Å². The van der Waals surface area contributed by atoms with Crippen molar-refractivity contribution in [3.05, 3.63) is 61.6 Å². The molecule has 2 aliphatic rings. The van der Waals surface area contributed by atoms with Gasteiger partial charge in [0.1, 0.15) is 22.9 Å². The maximum Gasteiger partial charge on any atom is 0.276 e. The molecule has 0 saturated heterocycles. The minimum atomic E-state index is -0.689. The van der Waals surface area contributed by atoms with E-state index in [0.717, 1.165) is 42.8 Å². The molecule has 2 heterocycles. The second-order valence-corrected chi connectivity index (χ2v) is 10.0. The molecule has 1 saturated carbocycles. The van der Waals surface area contributed by atoms with E-state index in [2.05, 4.69) is 29.5 Å². The number of aryl methyl sites for hydroxylation is 2. The van der Waals surface area contributed by atoms with Crippen molar-refractivity contribution in [1.29, 1.82) is 0 Å². The minimum Gasteiger partial charge on any atom is -0.504 e. The van der Waals surface area contributed by atoms with E-state index < -0.39 is 16.8 Å². The van der Waals surface area contributed by atoms with E-state index in [9.17, 15) is 19.5 Å². The van der Waals surface area contributed by atoms with Crippen LogP contribution in [-0.2, 0) is 6.42 Å². The van der Waals surface area contributed by atoms with Crippen molar-refractivity contribution in [3.8, 4) is 5.75 Å². The Morgan fingerprint density at radius 2 is 1.94 bits per heavy atom. The lowest BCUT2D eigenvalue weighted by Crippen LogP contribution is -2.41. The number of pyridine rings is 1. The molecule has 0 radical (unpaired) electrons. The van der Waals surface area contributed by atoms with Crippen LogP contribution in [0, 0.1) is 12.3 Å². The zero-order chi connectivity index (χ0) is 24.4. The highest BCUT2D eigenvalue weighted by Gasteiger charge is 2.40. The second kappa shape index (κ2) is 7.72. The van der Waals surface area contributed by atoms with Gasteiger partial charge >= 0.3 is 0 Å². The summed E-state index contributed by atoms with van der Waals surface area (Å²) in [5, 5.41) is 16.8. The number of aromatic hydroxyl groups is 1. The van der Waals surface area contributed by atoms with Crippen molar-refractivity contribution < 1.29 is 14.3 Å². The molecule has 1 atom stereocenters. The fourth-order valence-corrected chi connectivity index (χ4v) is 4.68. The molecule has 0 aliphatic heterocycles. The number of nitrogens with one attached hydrogen (secondary N) is 2. The van der Waals surface area contributed by atoms with E-state index in [4.69, 9.17) is 4.42 Å². The number of furan rings is 1. The van der Waals surface area contributed by atoms with Crippen molar-refractivity contribution in [2.24, 2.45) is 5.41 Å². The van der Waals surface area contributed by atoms with Crippen LogP contribution in [0.25, 0.3) is 0 Å². The molecule has 0 spiro atoms. The van der Waals surface area contributed by atoms with Gasteiger partial charge in [-0.05, 0) is 55.7 Å². The molecule has 1 amide bonds. The summed E-state index contributed by atoms with van der Waals surface area (Å²) in [6.07, 6.45) is 5.00. The first-order valence-electron chi connectivity index (χ1n) is 11.5. The van der Waals surface area contributed by atoms with E-state index in [1.165, 1.54) is 12.3 Å². The quantitative estimate of drug-likeness (QED) is 0.474. The lowest BCUT2D eigenvalue weighted by atomic mass is 9.73. The number of amides is 1. The Morgan fingerprint density at radius 3 is 2.65 bits per heavy atom. The highest BCUT2D eigenvalue weighted by molar-refractivity contribution is 5.97. The van der Waals surface area contributed by atoms with Crippen LogP contribution in [0.3, 0.4) is 0 Å². The Kier molecular flexibility index (Phi) is 5.03. The van der Waals surface area contributed by atoms with Gasteiger partial charge in [-0.2, -0.15) is 0 Å². The van der Waals surface area contributed by atoms with Gasteiger partial charge in [-0.15, -0.1) is 0 Å². The van der Waals surface area contributed by atoms with Crippen LogP contribution in [-0.4, -0.2) is 34.0 Å². The predicted octanol–water partition coefficient (Wildman–Crippen LogP) is 3.39. The number of rotatable bonds is 6. The van der Waals surface area contributed by atoms with Crippen LogP contribution in [0.5, 0.6) is 5.75 Å². The Labute approximate surface area is 196 Å².